The maximum absolute atomic E-state index is 8.92. The molecule has 2 aromatic carbocycles. The fraction of sp³-hybridized carbons (Fsp3) is 0.286. The first-order valence-corrected chi connectivity index (χ1v) is 8.47. The van der Waals surface area contributed by atoms with Gasteiger partial charge in [-0.1, -0.05) is 55.5 Å². The number of aliphatic hydroxyl groups excluding tert-OH is 1. The third-order valence-corrected chi connectivity index (χ3v) is 4.52. The van der Waals surface area contributed by atoms with Gasteiger partial charge in [0.05, 0.1) is 5.69 Å². The van der Waals surface area contributed by atoms with Crippen LogP contribution in [0.3, 0.4) is 0 Å². The first kappa shape index (κ1) is 16.5. The zero-order valence-electron chi connectivity index (χ0n) is 14.3. The molecule has 1 N–H and O–H groups in total. The number of nitrogens with zero attached hydrogens (tertiary/aromatic N) is 2. The predicted octanol–water partition coefficient (Wildman–Crippen LogP) is 4.16. The van der Waals surface area contributed by atoms with Gasteiger partial charge in [0.2, 0.25) is 0 Å². The largest absolute Gasteiger partial charge is 0.396 e. The van der Waals surface area contributed by atoms with E-state index < -0.39 is 0 Å². The van der Waals surface area contributed by atoms with Crippen LogP contribution in [0, 0.1) is 0 Å². The number of hydrogen-bond acceptors (Lipinski definition) is 2. The van der Waals surface area contributed by atoms with E-state index in [4.69, 9.17) is 5.11 Å². The summed E-state index contributed by atoms with van der Waals surface area (Å²) in [4.78, 5) is 0. The van der Waals surface area contributed by atoms with E-state index in [-0.39, 0.29) is 6.61 Å². The predicted molar refractivity (Wildman–Crippen MR) is 98.0 cm³/mol. The lowest BCUT2D eigenvalue weighted by Crippen LogP contribution is -1.97. The SMILES string of the molecule is CC(c1ccc(CCCO)cc1)c1ccc(-c2ccn(C)n2)cc1. The summed E-state index contributed by atoms with van der Waals surface area (Å²) in [5.74, 6) is 0.356. The second kappa shape index (κ2) is 7.45. The Morgan fingerprint density at radius 1 is 0.958 bits per heavy atom. The van der Waals surface area contributed by atoms with E-state index in [0.29, 0.717) is 5.92 Å². The molecule has 0 aliphatic heterocycles. The minimum absolute atomic E-state index is 0.251. The van der Waals surface area contributed by atoms with Crippen molar-refractivity contribution in [2.75, 3.05) is 6.61 Å². The van der Waals surface area contributed by atoms with Crippen molar-refractivity contribution < 1.29 is 5.11 Å². The first-order chi connectivity index (χ1) is 11.7. The summed E-state index contributed by atoms with van der Waals surface area (Å²) in [7, 11) is 1.93. The first-order valence-electron chi connectivity index (χ1n) is 8.47. The lowest BCUT2D eigenvalue weighted by molar-refractivity contribution is 0.288. The van der Waals surface area contributed by atoms with Gasteiger partial charge in [0.25, 0.3) is 0 Å². The average molecular weight is 320 g/mol. The Morgan fingerprint density at radius 3 is 2.12 bits per heavy atom. The second-order valence-corrected chi connectivity index (χ2v) is 6.29. The molecule has 0 saturated heterocycles. The minimum Gasteiger partial charge on any atom is -0.396 e. The topological polar surface area (TPSA) is 38.0 Å². The standard InChI is InChI=1S/C21H24N2O/c1-16(18-7-5-17(6-8-18)4-3-15-24)19-9-11-20(12-10-19)21-13-14-23(2)22-21/h5-14,16,24H,3-4,15H2,1-2H3. The van der Waals surface area contributed by atoms with Crippen LogP contribution in [-0.4, -0.2) is 21.5 Å². The van der Waals surface area contributed by atoms with Gasteiger partial charge in [-0.3, -0.25) is 4.68 Å². The van der Waals surface area contributed by atoms with Gasteiger partial charge in [-0.2, -0.15) is 5.10 Å². The van der Waals surface area contributed by atoms with E-state index in [1.54, 1.807) is 0 Å². The maximum Gasteiger partial charge on any atom is 0.0923 e. The number of rotatable bonds is 6. The van der Waals surface area contributed by atoms with Crippen LogP contribution in [-0.2, 0) is 13.5 Å². The number of aryl methyl sites for hydroxylation is 2. The molecule has 3 rings (SSSR count). The molecule has 1 aromatic heterocycles. The highest BCUT2D eigenvalue weighted by Crippen LogP contribution is 2.27. The van der Waals surface area contributed by atoms with Crippen LogP contribution >= 0.6 is 0 Å². The number of benzene rings is 2. The van der Waals surface area contributed by atoms with E-state index in [0.717, 1.165) is 24.1 Å². The zero-order valence-corrected chi connectivity index (χ0v) is 14.3. The Bertz CT molecular complexity index is 772. The number of hydrogen-bond donors (Lipinski definition) is 1. The third-order valence-electron chi connectivity index (χ3n) is 4.52. The highest BCUT2D eigenvalue weighted by atomic mass is 16.2. The fourth-order valence-corrected chi connectivity index (χ4v) is 2.96. The van der Waals surface area contributed by atoms with Crippen molar-refractivity contribution >= 4 is 0 Å². The summed E-state index contributed by atoms with van der Waals surface area (Å²) in [6.07, 6.45) is 3.72. The summed E-state index contributed by atoms with van der Waals surface area (Å²) < 4.78 is 1.82. The summed E-state index contributed by atoms with van der Waals surface area (Å²) >= 11 is 0. The Balaban J connectivity index is 1.73. The molecule has 3 nitrogen and oxygen atoms in total. The highest BCUT2D eigenvalue weighted by molar-refractivity contribution is 5.59. The van der Waals surface area contributed by atoms with E-state index >= 15 is 0 Å². The van der Waals surface area contributed by atoms with Crippen molar-refractivity contribution in [2.24, 2.45) is 7.05 Å². The molecule has 3 aromatic rings. The Labute approximate surface area is 143 Å². The van der Waals surface area contributed by atoms with Crippen molar-refractivity contribution in [3.05, 3.63) is 77.5 Å². The van der Waals surface area contributed by atoms with E-state index in [1.807, 2.05) is 24.0 Å². The summed E-state index contributed by atoms with van der Waals surface area (Å²) in [5, 5.41) is 13.4. The molecule has 24 heavy (non-hydrogen) atoms. The van der Waals surface area contributed by atoms with Gasteiger partial charge in [0.1, 0.15) is 0 Å². The summed E-state index contributed by atoms with van der Waals surface area (Å²) in [5.41, 5.74) is 6.05. The molecule has 0 amide bonds. The van der Waals surface area contributed by atoms with Crippen LogP contribution in [0.5, 0.6) is 0 Å². The number of aliphatic hydroxyl groups is 1. The van der Waals surface area contributed by atoms with E-state index in [1.165, 1.54) is 16.7 Å². The van der Waals surface area contributed by atoms with Crippen LogP contribution in [0.15, 0.2) is 60.8 Å². The van der Waals surface area contributed by atoms with Crippen molar-refractivity contribution in [2.45, 2.75) is 25.7 Å². The summed E-state index contributed by atoms with van der Waals surface area (Å²) in [6.45, 7) is 2.49. The molecule has 0 radical (unpaired) electrons. The van der Waals surface area contributed by atoms with Crippen LogP contribution in [0.25, 0.3) is 11.3 Å². The quantitative estimate of drug-likeness (QED) is 0.740. The van der Waals surface area contributed by atoms with Crippen LogP contribution in [0.4, 0.5) is 0 Å². The Kier molecular flexibility index (Phi) is 5.11. The molecule has 1 atom stereocenters. The molecule has 124 valence electrons. The normalized spacial score (nSPS) is 12.3. The van der Waals surface area contributed by atoms with Crippen LogP contribution < -0.4 is 0 Å². The molecule has 0 fully saturated rings. The van der Waals surface area contributed by atoms with Gasteiger partial charge >= 0.3 is 0 Å². The van der Waals surface area contributed by atoms with E-state index in [2.05, 4.69) is 60.6 Å². The molecular weight excluding hydrogens is 296 g/mol. The fourth-order valence-electron chi connectivity index (χ4n) is 2.96. The highest BCUT2D eigenvalue weighted by Gasteiger charge is 2.09. The lowest BCUT2D eigenvalue weighted by atomic mass is 9.91. The molecule has 1 heterocycles. The molecular formula is C21H24N2O. The van der Waals surface area contributed by atoms with Gasteiger partial charge in [-0.05, 0) is 35.6 Å². The second-order valence-electron chi connectivity index (χ2n) is 6.29. The molecule has 0 bridgehead atoms. The van der Waals surface area contributed by atoms with Crippen molar-refractivity contribution in [3.63, 3.8) is 0 Å². The van der Waals surface area contributed by atoms with Crippen LogP contribution in [0.2, 0.25) is 0 Å². The van der Waals surface area contributed by atoms with Crippen molar-refractivity contribution in [3.8, 4) is 11.3 Å². The van der Waals surface area contributed by atoms with Crippen molar-refractivity contribution in [1.29, 1.82) is 0 Å². The smallest absolute Gasteiger partial charge is 0.0923 e. The monoisotopic (exact) mass is 320 g/mol. The Morgan fingerprint density at radius 2 is 1.58 bits per heavy atom. The van der Waals surface area contributed by atoms with Crippen molar-refractivity contribution in [1.82, 2.24) is 9.78 Å². The molecule has 0 saturated carbocycles. The minimum atomic E-state index is 0.251. The van der Waals surface area contributed by atoms with Gasteiger partial charge in [0.15, 0.2) is 0 Å². The van der Waals surface area contributed by atoms with Gasteiger partial charge in [0, 0.05) is 31.3 Å². The van der Waals surface area contributed by atoms with Gasteiger partial charge in [-0.25, -0.2) is 0 Å². The molecule has 0 aliphatic rings. The van der Waals surface area contributed by atoms with Gasteiger partial charge < -0.3 is 5.11 Å². The van der Waals surface area contributed by atoms with Crippen LogP contribution in [0.1, 0.15) is 36.0 Å². The molecule has 0 spiro atoms. The summed E-state index contributed by atoms with van der Waals surface area (Å²) in [6, 6.07) is 19.4. The zero-order chi connectivity index (χ0) is 16.9. The Hall–Kier alpha value is -2.39. The lowest BCUT2D eigenvalue weighted by Gasteiger charge is -2.13. The maximum atomic E-state index is 8.92. The molecule has 1 unspecified atom stereocenters. The third kappa shape index (κ3) is 3.74. The molecule has 3 heteroatoms. The van der Waals surface area contributed by atoms with E-state index in [9.17, 15) is 0 Å². The average Bonchev–Trinajstić information content (AvgIpc) is 3.06. The van der Waals surface area contributed by atoms with Gasteiger partial charge in [-0.15, -0.1) is 0 Å². The molecule has 0 aliphatic carbocycles. The number of aromatic nitrogens is 2.